The van der Waals surface area contributed by atoms with Gasteiger partial charge in [-0.25, -0.2) is 0 Å². The SMILES string of the molecule is C#Cc1ccc2c(c1)[nH]c1c2c(=O)c2cc(OCC(C)C)c(-c3cncc(OS(=O)(=O)F)c3)cc2n1C1CCNCC1. The molecular formula is C31H29FN4O5S. The number of terminal acetylenes is 1. The maximum atomic E-state index is 14.2. The van der Waals surface area contributed by atoms with Crippen molar-refractivity contribution in [3.05, 3.63) is 64.6 Å². The van der Waals surface area contributed by atoms with Crippen LogP contribution in [0.25, 0.3) is 44.0 Å². The van der Waals surface area contributed by atoms with Crippen LogP contribution >= 0.6 is 0 Å². The lowest BCUT2D eigenvalue weighted by molar-refractivity contribution is 0.272. The second-order valence-corrected chi connectivity index (χ2v) is 11.8. The summed E-state index contributed by atoms with van der Waals surface area (Å²) in [5.74, 6) is 2.98. The Morgan fingerprint density at radius 1 is 1.14 bits per heavy atom. The maximum absolute atomic E-state index is 14.2. The van der Waals surface area contributed by atoms with Gasteiger partial charge in [0.25, 0.3) is 0 Å². The van der Waals surface area contributed by atoms with Gasteiger partial charge in [-0.1, -0.05) is 29.7 Å². The zero-order chi connectivity index (χ0) is 29.6. The highest BCUT2D eigenvalue weighted by Crippen LogP contribution is 2.39. The summed E-state index contributed by atoms with van der Waals surface area (Å²) >= 11 is 0. The zero-order valence-electron chi connectivity index (χ0n) is 23.1. The quantitative estimate of drug-likeness (QED) is 0.198. The van der Waals surface area contributed by atoms with E-state index in [1.807, 2.05) is 38.1 Å². The molecule has 6 rings (SSSR count). The molecule has 3 aromatic heterocycles. The van der Waals surface area contributed by atoms with Crippen molar-refractivity contribution in [3.8, 4) is 35.0 Å². The molecule has 0 atom stereocenters. The Morgan fingerprint density at radius 3 is 2.64 bits per heavy atom. The van der Waals surface area contributed by atoms with E-state index in [9.17, 15) is 17.1 Å². The molecule has 1 saturated heterocycles. The van der Waals surface area contributed by atoms with E-state index in [0.29, 0.717) is 51.0 Å². The van der Waals surface area contributed by atoms with Crippen LogP contribution in [0.2, 0.25) is 0 Å². The number of H-pyrrole nitrogens is 1. The first-order valence-electron chi connectivity index (χ1n) is 13.7. The topological polar surface area (TPSA) is 115 Å². The Balaban J connectivity index is 1.69. The molecule has 0 spiro atoms. The molecule has 1 fully saturated rings. The summed E-state index contributed by atoms with van der Waals surface area (Å²) in [5, 5.41) is 5.25. The molecule has 4 heterocycles. The number of fused-ring (bicyclic) bond motifs is 4. The van der Waals surface area contributed by atoms with Gasteiger partial charge in [0.1, 0.15) is 11.4 Å². The minimum absolute atomic E-state index is 0.0803. The third-order valence-electron chi connectivity index (χ3n) is 7.48. The van der Waals surface area contributed by atoms with Gasteiger partial charge in [-0.2, -0.15) is 8.42 Å². The summed E-state index contributed by atoms with van der Waals surface area (Å²) in [6.07, 6.45) is 9.97. The van der Waals surface area contributed by atoms with Crippen molar-refractivity contribution in [2.45, 2.75) is 32.7 Å². The summed E-state index contributed by atoms with van der Waals surface area (Å²) in [7, 11) is -5.25. The smallest absolute Gasteiger partial charge is 0.488 e. The Hall–Kier alpha value is -4.40. The summed E-state index contributed by atoms with van der Waals surface area (Å²) in [4.78, 5) is 21.8. The number of aromatic nitrogens is 3. The first-order chi connectivity index (χ1) is 20.1. The molecule has 0 amide bonds. The molecule has 1 aliphatic heterocycles. The van der Waals surface area contributed by atoms with E-state index in [4.69, 9.17) is 11.2 Å². The minimum atomic E-state index is -5.25. The number of hydrogen-bond acceptors (Lipinski definition) is 7. The second kappa shape index (κ2) is 10.8. The van der Waals surface area contributed by atoms with Gasteiger partial charge in [0.15, 0.2) is 11.2 Å². The second-order valence-electron chi connectivity index (χ2n) is 10.9. The van der Waals surface area contributed by atoms with Crippen LogP contribution in [0.1, 0.15) is 38.3 Å². The highest BCUT2D eigenvalue weighted by Gasteiger charge is 2.25. The largest absolute Gasteiger partial charge is 0.493 e. The van der Waals surface area contributed by atoms with Crippen molar-refractivity contribution >= 4 is 43.3 Å². The van der Waals surface area contributed by atoms with Gasteiger partial charge in [-0.3, -0.25) is 9.78 Å². The molecule has 0 bridgehead atoms. The van der Waals surface area contributed by atoms with Crippen LogP contribution in [-0.4, -0.2) is 42.6 Å². The predicted molar refractivity (Wildman–Crippen MR) is 161 cm³/mol. The Morgan fingerprint density at radius 2 is 1.93 bits per heavy atom. The molecule has 0 aliphatic carbocycles. The molecule has 11 heteroatoms. The predicted octanol–water partition coefficient (Wildman–Crippen LogP) is 5.23. The fraction of sp³-hybridized carbons (Fsp3) is 0.290. The molecule has 5 aromatic rings. The molecule has 0 unspecified atom stereocenters. The van der Waals surface area contributed by atoms with E-state index in [2.05, 4.69) is 30.0 Å². The number of piperidine rings is 1. The maximum Gasteiger partial charge on any atom is 0.488 e. The third kappa shape index (κ3) is 5.19. The molecule has 9 nitrogen and oxygen atoms in total. The van der Waals surface area contributed by atoms with Gasteiger partial charge in [-0.05, 0) is 62.2 Å². The van der Waals surface area contributed by atoms with E-state index in [1.54, 1.807) is 6.07 Å². The lowest BCUT2D eigenvalue weighted by Crippen LogP contribution is -2.30. The number of aromatic amines is 1. The third-order valence-corrected chi connectivity index (χ3v) is 7.87. The highest BCUT2D eigenvalue weighted by atomic mass is 32.3. The van der Waals surface area contributed by atoms with Gasteiger partial charge in [0, 0.05) is 39.8 Å². The first-order valence-corrected chi connectivity index (χ1v) is 15.0. The Kier molecular flexibility index (Phi) is 7.12. The number of halogens is 1. The summed E-state index contributed by atoms with van der Waals surface area (Å²) in [6.45, 7) is 6.03. The Labute approximate surface area is 242 Å². The normalized spacial score (nSPS) is 14.5. The van der Waals surface area contributed by atoms with E-state index >= 15 is 0 Å². The summed E-state index contributed by atoms with van der Waals surface area (Å²) < 4.78 is 48.5. The van der Waals surface area contributed by atoms with Gasteiger partial charge >= 0.3 is 10.5 Å². The number of nitrogens with zero attached hydrogens (tertiary/aromatic N) is 2. The molecule has 42 heavy (non-hydrogen) atoms. The van der Waals surface area contributed by atoms with Crippen molar-refractivity contribution in [3.63, 3.8) is 0 Å². The molecule has 1 aliphatic rings. The molecular weight excluding hydrogens is 559 g/mol. The fourth-order valence-electron chi connectivity index (χ4n) is 5.66. The first kappa shape index (κ1) is 27.8. The zero-order valence-corrected chi connectivity index (χ0v) is 23.9. The number of pyridine rings is 2. The number of nitrogens with one attached hydrogen (secondary N) is 2. The average Bonchev–Trinajstić information content (AvgIpc) is 3.34. The van der Waals surface area contributed by atoms with Crippen molar-refractivity contribution in [2.24, 2.45) is 5.92 Å². The van der Waals surface area contributed by atoms with Crippen molar-refractivity contribution in [2.75, 3.05) is 19.7 Å². The van der Waals surface area contributed by atoms with Gasteiger partial charge in [0.2, 0.25) is 0 Å². The Bertz CT molecular complexity index is 2050. The lowest BCUT2D eigenvalue weighted by Gasteiger charge is -2.28. The van der Waals surface area contributed by atoms with Gasteiger partial charge < -0.3 is 23.8 Å². The molecule has 2 aromatic carbocycles. The molecule has 2 N–H and O–H groups in total. The highest BCUT2D eigenvalue weighted by molar-refractivity contribution is 7.81. The van der Waals surface area contributed by atoms with E-state index in [1.165, 1.54) is 12.3 Å². The fourth-order valence-corrected chi connectivity index (χ4v) is 5.98. The number of benzene rings is 2. The minimum Gasteiger partial charge on any atom is -0.493 e. The average molecular weight is 589 g/mol. The molecule has 216 valence electrons. The summed E-state index contributed by atoms with van der Waals surface area (Å²) in [5.41, 5.74) is 3.71. The number of rotatable bonds is 7. The monoisotopic (exact) mass is 588 g/mol. The van der Waals surface area contributed by atoms with Gasteiger partial charge in [0.05, 0.1) is 29.1 Å². The number of ether oxygens (including phenoxy) is 1. The van der Waals surface area contributed by atoms with E-state index in [-0.39, 0.29) is 23.1 Å². The standard InChI is InChI=1S/C31H29FN4O5S/c1-4-19-5-6-23-26(11-19)35-31-29(23)30(37)25-14-28(40-17-18(2)3)24(13-27(25)36(31)21-7-9-33-10-8-21)20-12-22(16-34-15-20)41-42(32,38)39/h1,5-6,11-16,18,21,33,35H,7-10,17H2,2-3H3. The van der Waals surface area contributed by atoms with E-state index < -0.39 is 10.5 Å². The van der Waals surface area contributed by atoms with Crippen LogP contribution in [0.3, 0.4) is 0 Å². The van der Waals surface area contributed by atoms with Crippen molar-refractivity contribution in [1.82, 2.24) is 19.9 Å². The summed E-state index contributed by atoms with van der Waals surface area (Å²) in [6, 6.07) is 10.6. The van der Waals surface area contributed by atoms with Crippen LogP contribution in [0.15, 0.2) is 53.6 Å². The van der Waals surface area contributed by atoms with E-state index in [0.717, 1.165) is 43.0 Å². The number of hydrogen-bond donors (Lipinski definition) is 2. The van der Waals surface area contributed by atoms with Crippen LogP contribution in [0, 0.1) is 18.3 Å². The van der Waals surface area contributed by atoms with Crippen LogP contribution in [0.5, 0.6) is 11.5 Å². The lowest BCUT2D eigenvalue weighted by atomic mass is 9.99. The van der Waals surface area contributed by atoms with Gasteiger partial charge in [-0.15, -0.1) is 6.42 Å². The molecule has 0 radical (unpaired) electrons. The van der Waals surface area contributed by atoms with Crippen molar-refractivity contribution in [1.29, 1.82) is 0 Å². The molecule has 0 saturated carbocycles. The van der Waals surface area contributed by atoms with Crippen LogP contribution < -0.4 is 19.7 Å². The van der Waals surface area contributed by atoms with Crippen LogP contribution in [0.4, 0.5) is 3.89 Å². The van der Waals surface area contributed by atoms with Crippen molar-refractivity contribution < 1.29 is 21.2 Å². The van der Waals surface area contributed by atoms with Crippen LogP contribution in [-0.2, 0) is 10.5 Å².